The van der Waals surface area contributed by atoms with Gasteiger partial charge in [-0.25, -0.2) is 0 Å². The lowest BCUT2D eigenvalue weighted by Crippen LogP contribution is -2.33. The fraction of sp³-hybridized carbons (Fsp3) is 0.909. The summed E-state index contributed by atoms with van der Waals surface area (Å²) < 4.78 is 41.7. The van der Waals surface area contributed by atoms with E-state index in [-0.39, 0.29) is 6.54 Å². The summed E-state index contributed by atoms with van der Waals surface area (Å²) in [7, 11) is 0. The first-order valence-corrected chi connectivity index (χ1v) is 5.77. The van der Waals surface area contributed by atoms with Crippen LogP contribution in [0.5, 0.6) is 0 Å². The van der Waals surface area contributed by atoms with Crippen LogP contribution >= 0.6 is 0 Å². The normalized spacial score (nSPS) is 13.4. The first kappa shape index (κ1) is 16.2. The van der Waals surface area contributed by atoms with Gasteiger partial charge in [0.25, 0.3) is 0 Å². The smallest absolute Gasteiger partial charge is 0.381 e. The first-order chi connectivity index (χ1) is 8.02. The number of rotatable bonds is 9. The number of alkyl halides is 3. The Morgan fingerprint density at radius 3 is 2.47 bits per heavy atom. The van der Waals surface area contributed by atoms with Gasteiger partial charge < -0.3 is 10.1 Å². The lowest BCUT2D eigenvalue weighted by molar-refractivity contribution is -0.157. The molecule has 0 fully saturated rings. The number of nitrogens with one attached hydrogen (secondary N) is 1. The highest BCUT2D eigenvalue weighted by molar-refractivity contribution is 4.89. The van der Waals surface area contributed by atoms with Crippen molar-refractivity contribution in [3.8, 4) is 6.07 Å². The van der Waals surface area contributed by atoms with Crippen LogP contribution in [0.15, 0.2) is 0 Å². The van der Waals surface area contributed by atoms with Crippen molar-refractivity contribution >= 4 is 0 Å². The number of hydrogen-bond acceptors (Lipinski definition) is 3. The van der Waals surface area contributed by atoms with E-state index in [1.165, 1.54) is 6.07 Å². The number of nitriles is 1. The Morgan fingerprint density at radius 2 is 1.94 bits per heavy atom. The average Bonchev–Trinajstić information content (AvgIpc) is 2.25. The van der Waals surface area contributed by atoms with Gasteiger partial charge in [0.05, 0.1) is 6.07 Å². The van der Waals surface area contributed by atoms with Gasteiger partial charge in [-0.15, -0.1) is 0 Å². The number of halogens is 3. The van der Waals surface area contributed by atoms with E-state index in [2.05, 4.69) is 12.2 Å². The van der Waals surface area contributed by atoms with E-state index in [4.69, 9.17) is 10.00 Å². The molecule has 0 aliphatic rings. The fourth-order valence-electron chi connectivity index (χ4n) is 1.13. The molecule has 100 valence electrons. The van der Waals surface area contributed by atoms with Crippen molar-refractivity contribution in [2.24, 2.45) is 5.92 Å². The lowest BCUT2D eigenvalue weighted by atomic mass is 10.1. The summed E-state index contributed by atoms with van der Waals surface area (Å²) in [6.45, 7) is 3.37. The molecule has 0 radical (unpaired) electrons. The van der Waals surface area contributed by atoms with Gasteiger partial charge in [0.1, 0.15) is 0 Å². The maximum absolute atomic E-state index is 12.1. The minimum absolute atomic E-state index is 0.352. The monoisotopic (exact) mass is 252 g/mol. The summed E-state index contributed by atoms with van der Waals surface area (Å²) >= 11 is 0. The molecule has 0 heterocycles. The summed E-state index contributed by atoms with van der Waals surface area (Å²) in [6, 6.07) is 1.24. The SMILES string of the molecule is CCCCOCCCNCC(C#N)C(F)(F)F. The molecule has 0 aliphatic heterocycles. The summed E-state index contributed by atoms with van der Waals surface area (Å²) in [6.07, 6.45) is -1.73. The third kappa shape index (κ3) is 8.95. The zero-order valence-electron chi connectivity index (χ0n) is 10.0. The van der Waals surface area contributed by atoms with E-state index in [9.17, 15) is 13.2 Å². The average molecular weight is 252 g/mol. The molecule has 0 aromatic heterocycles. The summed E-state index contributed by atoms with van der Waals surface area (Å²) in [5.74, 6) is -1.93. The fourth-order valence-corrected chi connectivity index (χ4v) is 1.13. The zero-order valence-corrected chi connectivity index (χ0v) is 10.0. The van der Waals surface area contributed by atoms with Crippen LogP contribution in [0.1, 0.15) is 26.2 Å². The Kier molecular flexibility index (Phi) is 8.82. The van der Waals surface area contributed by atoms with Crippen LogP contribution in [0.25, 0.3) is 0 Å². The third-order valence-electron chi connectivity index (χ3n) is 2.18. The quantitative estimate of drug-likeness (QED) is 0.641. The molecule has 0 aliphatic carbocycles. The van der Waals surface area contributed by atoms with Gasteiger partial charge in [0.2, 0.25) is 0 Å². The topological polar surface area (TPSA) is 45.0 Å². The van der Waals surface area contributed by atoms with Gasteiger partial charge in [0.15, 0.2) is 5.92 Å². The number of ether oxygens (including phenoxy) is 1. The largest absolute Gasteiger partial charge is 0.405 e. The predicted molar refractivity (Wildman–Crippen MR) is 58.4 cm³/mol. The van der Waals surface area contributed by atoms with Crippen molar-refractivity contribution < 1.29 is 17.9 Å². The van der Waals surface area contributed by atoms with Crippen molar-refractivity contribution in [2.75, 3.05) is 26.3 Å². The Hall–Kier alpha value is -0.800. The van der Waals surface area contributed by atoms with Crippen molar-refractivity contribution in [1.29, 1.82) is 5.26 Å². The van der Waals surface area contributed by atoms with Crippen molar-refractivity contribution in [3.63, 3.8) is 0 Å². The number of hydrogen-bond donors (Lipinski definition) is 1. The molecule has 3 nitrogen and oxygen atoms in total. The molecule has 0 saturated carbocycles. The van der Waals surface area contributed by atoms with E-state index in [1.807, 2.05) is 0 Å². The van der Waals surface area contributed by atoms with Crippen molar-refractivity contribution in [3.05, 3.63) is 0 Å². The van der Waals surface area contributed by atoms with Crippen LogP contribution in [0.4, 0.5) is 13.2 Å². The van der Waals surface area contributed by atoms with Crippen LogP contribution in [0.3, 0.4) is 0 Å². The lowest BCUT2D eigenvalue weighted by Gasteiger charge is -2.13. The molecular weight excluding hydrogens is 233 g/mol. The summed E-state index contributed by atoms with van der Waals surface area (Å²) in [4.78, 5) is 0. The van der Waals surface area contributed by atoms with E-state index >= 15 is 0 Å². The molecule has 6 heteroatoms. The Labute approximate surface area is 99.9 Å². The second kappa shape index (κ2) is 9.25. The second-order valence-corrected chi connectivity index (χ2v) is 3.75. The molecule has 0 rings (SSSR count). The summed E-state index contributed by atoms with van der Waals surface area (Å²) in [5.41, 5.74) is 0. The Bertz CT molecular complexity index is 226. The van der Waals surface area contributed by atoms with Gasteiger partial charge in [-0.1, -0.05) is 13.3 Å². The van der Waals surface area contributed by atoms with Gasteiger partial charge in [0, 0.05) is 19.8 Å². The maximum Gasteiger partial charge on any atom is 0.405 e. The highest BCUT2D eigenvalue weighted by Gasteiger charge is 2.39. The van der Waals surface area contributed by atoms with Gasteiger partial charge >= 0.3 is 6.18 Å². The van der Waals surface area contributed by atoms with E-state index in [1.54, 1.807) is 0 Å². The van der Waals surface area contributed by atoms with Gasteiger partial charge in [-0.2, -0.15) is 18.4 Å². The zero-order chi connectivity index (χ0) is 13.1. The molecule has 1 N–H and O–H groups in total. The van der Waals surface area contributed by atoms with Crippen LogP contribution in [-0.2, 0) is 4.74 Å². The first-order valence-electron chi connectivity index (χ1n) is 5.77. The maximum atomic E-state index is 12.1. The van der Waals surface area contributed by atoms with Gasteiger partial charge in [-0.05, 0) is 19.4 Å². The van der Waals surface area contributed by atoms with E-state index in [0.29, 0.717) is 26.2 Å². The third-order valence-corrected chi connectivity index (χ3v) is 2.18. The molecule has 0 bridgehead atoms. The molecule has 0 amide bonds. The Morgan fingerprint density at radius 1 is 1.29 bits per heavy atom. The van der Waals surface area contributed by atoms with Gasteiger partial charge in [-0.3, -0.25) is 0 Å². The standard InChI is InChI=1S/C11H19F3N2O/c1-2-3-6-17-7-4-5-16-9-10(8-15)11(12,13)14/h10,16H,2-7,9H2,1H3. The molecular formula is C11H19F3N2O. The minimum Gasteiger partial charge on any atom is -0.381 e. The molecule has 1 unspecified atom stereocenters. The van der Waals surface area contributed by atoms with Crippen LogP contribution in [0.2, 0.25) is 0 Å². The predicted octanol–water partition coefficient (Wildman–Crippen LogP) is 2.48. The van der Waals surface area contributed by atoms with Crippen LogP contribution < -0.4 is 5.32 Å². The number of nitrogens with zero attached hydrogens (tertiary/aromatic N) is 1. The van der Waals surface area contributed by atoms with Crippen molar-refractivity contribution in [1.82, 2.24) is 5.32 Å². The van der Waals surface area contributed by atoms with E-state index in [0.717, 1.165) is 12.8 Å². The molecule has 17 heavy (non-hydrogen) atoms. The molecule has 0 saturated heterocycles. The summed E-state index contributed by atoms with van der Waals surface area (Å²) in [5, 5.41) is 10.9. The minimum atomic E-state index is -4.45. The Balaban J connectivity index is 3.42. The molecule has 1 atom stereocenters. The highest BCUT2D eigenvalue weighted by atomic mass is 19.4. The molecule has 0 aromatic rings. The molecule has 0 aromatic carbocycles. The van der Waals surface area contributed by atoms with Crippen molar-refractivity contribution in [2.45, 2.75) is 32.4 Å². The van der Waals surface area contributed by atoms with Crippen LogP contribution in [-0.4, -0.2) is 32.5 Å². The van der Waals surface area contributed by atoms with Crippen LogP contribution in [0, 0.1) is 17.2 Å². The second-order valence-electron chi connectivity index (χ2n) is 3.75. The highest BCUT2D eigenvalue weighted by Crippen LogP contribution is 2.24. The number of unbranched alkanes of at least 4 members (excludes halogenated alkanes) is 1. The van der Waals surface area contributed by atoms with E-state index < -0.39 is 12.1 Å². The molecule has 0 spiro atoms.